The Kier molecular flexibility index (Phi) is 3.91. The Hall–Kier alpha value is -0.810. The minimum atomic E-state index is -0.0457. The van der Waals surface area contributed by atoms with Crippen molar-refractivity contribution in [2.45, 2.75) is 6.54 Å². The third-order valence-electron chi connectivity index (χ3n) is 3.01. The van der Waals surface area contributed by atoms with Crippen molar-refractivity contribution in [2.24, 2.45) is 0 Å². The van der Waals surface area contributed by atoms with Gasteiger partial charge in [0.25, 0.3) is 0 Å². The van der Waals surface area contributed by atoms with Crippen molar-refractivity contribution in [1.82, 2.24) is 4.57 Å². The Labute approximate surface area is 138 Å². The average Bonchev–Trinajstić information content (AvgIpc) is 2.93. The molecular formula is C14H8BrCl2NOS. The predicted molar refractivity (Wildman–Crippen MR) is 88.3 cm³/mol. The van der Waals surface area contributed by atoms with E-state index in [0.29, 0.717) is 14.2 Å². The summed E-state index contributed by atoms with van der Waals surface area (Å²) in [5, 5.41) is 1.09. The number of rotatable bonds is 3. The molecule has 0 spiro atoms. The van der Waals surface area contributed by atoms with Gasteiger partial charge in [-0.2, -0.15) is 0 Å². The summed E-state index contributed by atoms with van der Waals surface area (Å²) >= 11 is 16.5. The lowest BCUT2D eigenvalue weighted by molar-refractivity contribution is 0.0974. The molecule has 0 atom stereocenters. The van der Waals surface area contributed by atoms with Crippen LogP contribution >= 0.6 is 50.5 Å². The van der Waals surface area contributed by atoms with Crippen LogP contribution in [0.1, 0.15) is 10.4 Å². The van der Waals surface area contributed by atoms with Gasteiger partial charge in [-0.1, -0.05) is 45.2 Å². The van der Waals surface area contributed by atoms with Crippen LogP contribution in [0.3, 0.4) is 0 Å². The summed E-state index contributed by atoms with van der Waals surface area (Å²) in [6.45, 7) is 0.243. The Balaban J connectivity index is 1.95. The molecule has 20 heavy (non-hydrogen) atoms. The van der Waals surface area contributed by atoms with E-state index in [1.165, 1.54) is 11.3 Å². The number of carbonyl (C=O) groups excluding carboxylic acids is 1. The third-order valence-corrected chi connectivity index (χ3v) is 4.99. The lowest BCUT2D eigenvalue weighted by Gasteiger charge is -2.04. The fourth-order valence-corrected chi connectivity index (χ4v) is 3.91. The van der Waals surface area contributed by atoms with Gasteiger partial charge in [-0.25, -0.2) is 0 Å². The van der Waals surface area contributed by atoms with Gasteiger partial charge in [-0.3, -0.25) is 4.79 Å². The molecule has 3 aromatic rings. The zero-order valence-electron chi connectivity index (χ0n) is 10.1. The molecule has 2 nitrogen and oxygen atoms in total. The maximum absolute atomic E-state index is 12.3. The second-order valence-corrected chi connectivity index (χ2v) is 7.51. The van der Waals surface area contributed by atoms with Gasteiger partial charge in [-0.15, -0.1) is 11.3 Å². The second-order valence-electron chi connectivity index (χ2n) is 4.31. The van der Waals surface area contributed by atoms with E-state index in [-0.39, 0.29) is 12.3 Å². The first-order chi connectivity index (χ1) is 9.54. The molecule has 0 N–H and O–H groups in total. The van der Waals surface area contributed by atoms with Crippen molar-refractivity contribution in [3.05, 3.63) is 55.2 Å². The molecule has 102 valence electrons. The Morgan fingerprint density at radius 2 is 2.05 bits per heavy atom. The highest BCUT2D eigenvalue weighted by Crippen LogP contribution is 2.32. The normalized spacial score (nSPS) is 11.2. The van der Waals surface area contributed by atoms with E-state index in [1.807, 2.05) is 35.0 Å². The molecule has 2 aromatic heterocycles. The standard InChI is InChI=1S/C14H8BrCl2NOS/c15-9-2-1-8-3-4-18(11(8)5-9)7-12(19)10-6-13(16)20-14(10)17/h1-6H,7H2. The van der Waals surface area contributed by atoms with Gasteiger partial charge < -0.3 is 4.57 Å². The molecule has 0 fully saturated rings. The van der Waals surface area contributed by atoms with Crippen LogP contribution in [0.15, 0.2) is 41.0 Å². The van der Waals surface area contributed by atoms with Gasteiger partial charge in [0.05, 0.1) is 16.4 Å². The predicted octanol–water partition coefficient (Wildman–Crippen LogP) is 5.66. The number of benzene rings is 1. The molecule has 0 saturated heterocycles. The monoisotopic (exact) mass is 387 g/mol. The van der Waals surface area contributed by atoms with Crippen LogP contribution in [0.2, 0.25) is 8.67 Å². The number of halogens is 3. The fraction of sp³-hybridized carbons (Fsp3) is 0.0714. The van der Waals surface area contributed by atoms with E-state index in [0.717, 1.165) is 15.4 Å². The van der Waals surface area contributed by atoms with Crippen LogP contribution in [0.5, 0.6) is 0 Å². The molecule has 0 aliphatic rings. The SMILES string of the molecule is O=C(Cn1ccc2ccc(Br)cc21)c1cc(Cl)sc1Cl. The Morgan fingerprint density at radius 1 is 1.25 bits per heavy atom. The number of thiophene rings is 1. The molecular weight excluding hydrogens is 381 g/mol. The molecule has 0 aliphatic heterocycles. The zero-order chi connectivity index (χ0) is 14.3. The van der Waals surface area contributed by atoms with Crippen LogP contribution in [0, 0.1) is 0 Å². The van der Waals surface area contributed by atoms with Crippen molar-refractivity contribution < 1.29 is 4.79 Å². The topological polar surface area (TPSA) is 22.0 Å². The number of fused-ring (bicyclic) bond motifs is 1. The molecule has 6 heteroatoms. The van der Waals surface area contributed by atoms with E-state index in [2.05, 4.69) is 15.9 Å². The molecule has 3 rings (SSSR count). The fourth-order valence-electron chi connectivity index (χ4n) is 2.07. The third kappa shape index (κ3) is 2.66. The smallest absolute Gasteiger partial charge is 0.184 e. The highest BCUT2D eigenvalue weighted by Gasteiger charge is 2.15. The van der Waals surface area contributed by atoms with Crippen LogP contribution in [0.25, 0.3) is 10.9 Å². The van der Waals surface area contributed by atoms with Crippen molar-refractivity contribution in [3.8, 4) is 0 Å². The van der Waals surface area contributed by atoms with Gasteiger partial charge in [0.2, 0.25) is 0 Å². The average molecular weight is 389 g/mol. The van der Waals surface area contributed by atoms with Crippen molar-refractivity contribution in [2.75, 3.05) is 0 Å². The molecule has 0 radical (unpaired) electrons. The minimum Gasteiger partial charge on any atom is -0.340 e. The molecule has 0 unspecified atom stereocenters. The largest absolute Gasteiger partial charge is 0.340 e. The van der Waals surface area contributed by atoms with Gasteiger partial charge in [0.15, 0.2) is 5.78 Å². The number of ketones is 1. The van der Waals surface area contributed by atoms with Crippen molar-refractivity contribution in [1.29, 1.82) is 0 Å². The summed E-state index contributed by atoms with van der Waals surface area (Å²) in [6, 6.07) is 9.58. The Bertz CT molecular complexity index is 809. The maximum atomic E-state index is 12.3. The number of aromatic nitrogens is 1. The number of Topliss-reactive ketones (excluding diaryl/α,β-unsaturated/α-hetero) is 1. The summed E-state index contributed by atoms with van der Waals surface area (Å²) in [5.74, 6) is -0.0457. The lowest BCUT2D eigenvalue weighted by Crippen LogP contribution is -2.09. The number of hydrogen-bond donors (Lipinski definition) is 0. The van der Waals surface area contributed by atoms with Gasteiger partial charge >= 0.3 is 0 Å². The molecule has 0 saturated carbocycles. The van der Waals surface area contributed by atoms with Gasteiger partial charge in [0, 0.05) is 16.2 Å². The summed E-state index contributed by atoms with van der Waals surface area (Å²) in [6.07, 6.45) is 1.90. The van der Waals surface area contributed by atoms with E-state index in [1.54, 1.807) is 6.07 Å². The first-order valence-corrected chi connectivity index (χ1v) is 8.13. The van der Waals surface area contributed by atoms with Crippen molar-refractivity contribution in [3.63, 3.8) is 0 Å². The summed E-state index contributed by atoms with van der Waals surface area (Å²) in [4.78, 5) is 12.3. The van der Waals surface area contributed by atoms with Crippen LogP contribution < -0.4 is 0 Å². The lowest BCUT2D eigenvalue weighted by atomic mass is 10.2. The van der Waals surface area contributed by atoms with Gasteiger partial charge in [-0.05, 0) is 29.7 Å². The minimum absolute atomic E-state index is 0.0457. The summed E-state index contributed by atoms with van der Waals surface area (Å²) in [5.41, 5.74) is 1.49. The molecule has 0 amide bonds. The number of nitrogens with zero attached hydrogens (tertiary/aromatic N) is 1. The molecule has 2 heterocycles. The van der Waals surface area contributed by atoms with E-state index in [9.17, 15) is 4.79 Å². The second kappa shape index (κ2) is 5.53. The molecule has 0 aliphatic carbocycles. The molecule has 1 aromatic carbocycles. The first-order valence-electron chi connectivity index (χ1n) is 5.77. The number of hydrogen-bond acceptors (Lipinski definition) is 2. The quantitative estimate of drug-likeness (QED) is 0.531. The highest BCUT2D eigenvalue weighted by atomic mass is 79.9. The zero-order valence-corrected chi connectivity index (χ0v) is 14.0. The number of carbonyl (C=O) groups is 1. The van der Waals surface area contributed by atoms with E-state index < -0.39 is 0 Å². The highest BCUT2D eigenvalue weighted by molar-refractivity contribution is 9.10. The molecule has 0 bridgehead atoms. The summed E-state index contributed by atoms with van der Waals surface area (Å²) in [7, 11) is 0. The maximum Gasteiger partial charge on any atom is 0.184 e. The van der Waals surface area contributed by atoms with E-state index in [4.69, 9.17) is 23.2 Å². The van der Waals surface area contributed by atoms with Crippen LogP contribution in [0.4, 0.5) is 0 Å². The Morgan fingerprint density at radius 3 is 2.75 bits per heavy atom. The van der Waals surface area contributed by atoms with Crippen molar-refractivity contribution >= 4 is 67.2 Å². The van der Waals surface area contributed by atoms with Crippen LogP contribution in [-0.2, 0) is 6.54 Å². The first kappa shape index (κ1) is 14.1. The van der Waals surface area contributed by atoms with E-state index >= 15 is 0 Å². The van der Waals surface area contributed by atoms with Gasteiger partial charge in [0.1, 0.15) is 4.34 Å². The van der Waals surface area contributed by atoms with Crippen LogP contribution in [-0.4, -0.2) is 10.4 Å². The summed E-state index contributed by atoms with van der Waals surface area (Å²) < 4.78 is 3.86.